The standard InChI is InChI=1S/C11H23N3O4/c1-5-13(6-2)8-7-12-10(15)11(3,4)9-18-14(16)17/h5-9H2,1-4H3,(H,12,15). The summed E-state index contributed by atoms with van der Waals surface area (Å²) in [5.74, 6) is -0.239. The molecule has 0 aliphatic heterocycles. The highest BCUT2D eigenvalue weighted by atomic mass is 16.9. The Morgan fingerprint density at radius 2 is 1.94 bits per heavy atom. The zero-order valence-electron chi connectivity index (χ0n) is 11.6. The lowest BCUT2D eigenvalue weighted by molar-refractivity contribution is -0.760. The summed E-state index contributed by atoms with van der Waals surface area (Å²) in [6, 6.07) is 0. The smallest absolute Gasteiger partial charge is 0.294 e. The zero-order chi connectivity index (χ0) is 14.2. The Morgan fingerprint density at radius 3 is 2.39 bits per heavy atom. The van der Waals surface area contributed by atoms with Crippen LogP contribution in [0.1, 0.15) is 27.7 Å². The van der Waals surface area contributed by atoms with Crippen LogP contribution in [-0.2, 0) is 9.63 Å². The Balaban J connectivity index is 4.03. The summed E-state index contributed by atoms with van der Waals surface area (Å²) < 4.78 is 0. The van der Waals surface area contributed by atoms with Gasteiger partial charge in [0, 0.05) is 13.1 Å². The maximum Gasteiger partial charge on any atom is 0.294 e. The fourth-order valence-corrected chi connectivity index (χ4v) is 1.39. The third kappa shape index (κ3) is 6.39. The maximum atomic E-state index is 11.8. The summed E-state index contributed by atoms with van der Waals surface area (Å²) in [4.78, 5) is 28.3. The van der Waals surface area contributed by atoms with Gasteiger partial charge in [0.1, 0.15) is 6.61 Å². The Bertz CT molecular complexity index is 277. The Morgan fingerprint density at radius 1 is 1.39 bits per heavy atom. The second-order valence-corrected chi connectivity index (χ2v) is 4.66. The third-order valence-corrected chi connectivity index (χ3v) is 2.75. The monoisotopic (exact) mass is 261 g/mol. The minimum absolute atomic E-state index is 0.239. The summed E-state index contributed by atoms with van der Waals surface area (Å²) in [7, 11) is 0. The summed E-state index contributed by atoms with van der Waals surface area (Å²) >= 11 is 0. The molecule has 0 saturated heterocycles. The molecule has 0 atom stereocenters. The molecule has 0 unspecified atom stereocenters. The minimum atomic E-state index is -0.906. The molecule has 0 radical (unpaired) electrons. The van der Waals surface area contributed by atoms with Gasteiger partial charge in [-0.1, -0.05) is 13.8 Å². The third-order valence-electron chi connectivity index (χ3n) is 2.75. The van der Waals surface area contributed by atoms with Crippen molar-refractivity contribution in [3.63, 3.8) is 0 Å². The lowest BCUT2D eigenvalue weighted by Crippen LogP contribution is -2.43. The largest absolute Gasteiger partial charge is 0.354 e. The average molecular weight is 261 g/mol. The number of nitrogens with one attached hydrogen (secondary N) is 1. The van der Waals surface area contributed by atoms with E-state index in [9.17, 15) is 14.9 Å². The Kier molecular flexibility index (Phi) is 7.26. The first-order valence-electron chi connectivity index (χ1n) is 6.11. The van der Waals surface area contributed by atoms with E-state index in [4.69, 9.17) is 0 Å². The van der Waals surface area contributed by atoms with Crippen molar-refractivity contribution in [1.29, 1.82) is 0 Å². The van der Waals surface area contributed by atoms with Crippen molar-refractivity contribution in [2.75, 3.05) is 32.8 Å². The maximum absolute atomic E-state index is 11.8. The van der Waals surface area contributed by atoms with E-state index in [1.54, 1.807) is 13.8 Å². The lowest BCUT2D eigenvalue weighted by atomic mass is 9.94. The van der Waals surface area contributed by atoms with Crippen LogP contribution >= 0.6 is 0 Å². The Hall–Kier alpha value is -1.37. The molecular weight excluding hydrogens is 238 g/mol. The normalized spacial score (nSPS) is 11.4. The summed E-state index contributed by atoms with van der Waals surface area (Å²) in [6.45, 7) is 10.3. The predicted molar refractivity (Wildman–Crippen MR) is 67.5 cm³/mol. The molecule has 0 heterocycles. The van der Waals surface area contributed by atoms with Crippen molar-refractivity contribution in [1.82, 2.24) is 10.2 Å². The molecule has 0 bridgehead atoms. The molecule has 7 nitrogen and oxygen atoms in total. The number of hydrogen-bond donors (Lipinski definition) is 1. The van der Waals surface area contributed by atoms with E-state index >= 15 is 0 Å². The average Bonchev–Trinajstić information content (AvgIpc) is 2.32. The molecule has 0 aromatic rings. The number of likely N-dealkylation sites (N-methyl/N-ethyl adjacent to an activating group) is 1. The fourth-order valence-electron chi connectivity index (χ4n) is 1.39. The van der Waals surface area contributed by atoms with Crippen LogP contribution in [0.25, 0.3) is 0 Å². The van der Waals surface area contributed by atoms with Gasteiger partial charge in [-0.25, -0.2) is 0 Å². The number of rotatable bonds is 9. The van der Waals surface area contributed by atoms with Crippen LogP contribution in [0.2, 0.25) is 0 Å². The molecule has 7 heteroatoms. The summed E-state index contributed by atoms with van der Waals surface area (Å²) in [5, 5.41) is 12.0. The van der Waals surface area contributed by atoms with Gasteiger partial charge < -0.3 is 15.1 Å². The second kappa shape index (κ2) is 7.86. The summed E-state index contributed by atoms with van der Waals surface area (Å²) in [5.41, 5.74) is -0.906. The van der Waals surface area contributed by atoms with Gasteiger partial charge in [0.15, 0.2) is 0 Å². The van der Waals surface area contributed by atoms with E-state index in [0.717, 1.165) is 19.6 Å². The molecule has 0 rings (SSSR count). The van der Waals surface area contributed by atoms with Crippen LogP contribution < -0.4 is 5.32 Å². The highest BCUT2D eigenvalue weighted by molar-refractivity contribution is 5.81. The molecule has 1 N–H and O–H groups in total. The first kappa shape index (κ1) is 16.6. The Labute approximate surface area is 108 Å². The van der Waals surface area contributed by atoms with E-state index < -0.39 is 10.5 Å². The molecule has 0 spiro atoms. The molecular formula is C11H23N3O4. The number of amides is 1. The van der Waals surface area contributed by atoms with Crippen molar-refractivity contribution >= 4 is 5.91 Å². The van der Waals surface area contributed by atoms with Crippen LogP contribution in [0.5, 0.6) is 0 Å². The SMILES string of the molecule is CCN(CC)CCNC(=O)C(C)(C)CO[N+](=O)[O-]. The molecule has 0 aliphatic rings. The van der Waals surface area contributed by atoms with Crippen molar-refractivity contribution in [3.8, 4) is 0 Å². The quantitative estimate of drug-likeness (QED) is 0.487. The van der Waals surface area contributed by atoms with Gasteiger partial charge in [0.25, 0.3) is 5.09 Å². The van der Waals surface area contributed by atoms with E-state index in [2.05, 4.69) is 28.9 Å². The highest BCUT2D eigenvalue weighted by Crippen LogP contribution is 2.15. The second-order valence-electron chi connectivity index (χ2n) is 4.66. The van der Waals surface area contributed by atoms with Crippen LogP contribution in [0.15, 0.2) is 0 Å². The van der Waals surface area contributed by atoms with Gasteiger partial charge in [0.2, 0.25) is 5.91 Å². The minimum Gasteiger partial charge on any atom is -0.354 e. The number of nitrogens with zero attached hydrogens (tertiary/aromatic N) is 2. The van der Waals surface area contributed by atoms with E-state index in [1.165, 1.54) is 0 Å². The van der Waals surface area contributed by atoms with Gasteiger partial charge in [-0.15, -0.1) is 10.1 Å². The molecule has 0 saturated carbocycles. The van der Waals surface area contributed by atoms with Crippen molar-refractivity contribution in [2.24, 2.45) is 5.41 Å². The first-order chi connectivity index (χ1) is 8.33. The highest BCUT2D eigenvalue weighted by Gasteiger charge is 2.28. The van der Waals surface area contributed by atoms with Crippen LogP contribution in [0.3, 0.4) is 0 Å². The van der Waals surface area contributed by atoms with Gasteiger partial charge in [-0.05, 0) is 26.9 Å². The topological polar surface area (TPSA) is 84.7 Å². The fraction of sp³-hybridized carbons (Fsp3) is 0.909. The molecule has 0 fully saturated rings. The lowest BCUT2D eigenvalue weighted by Gasteiger charge is -2.23. The predicted octanol–water partition coefficient (Wildman–Crippen LogP) is 0.679. The van der Waals surface area contributed by atoms with E-state index in [1.807, 2.05) is 0 Å². The van der Waals surface area contributed by atoms with Gasteiger partial charge in [-0.2, -0.15) is 0 Å². The molecule has 0 aliphatic carbocycles. The number of hydrogen-bond acceptors (Lipinski definition) is 5. The van der Waals surface area contributed by atoms with Crippen LogP contribution in [-0.4, -0.2) is 48.7 Å². The zero-order valence-corrected chi connectivity index (χ0v) is 11.6. The summed E-state index contributed by atoms with van der Waals surface area (Å²) in [6.07, 6.45) is 0. The molecule has 0 aromatic heterocycles. The van der Waals surface area contributed by atoms with Crippen molar-refractivity contribution in [2.45, 2.75) is 27.7 Å². The van der Waals surface area contributed by atoms with E-state index in [0.29, 0.717) is 6.54 Å². The van der Waals surface area contributed by atoms with Crippen molar-refractivity contribution < 1.29 is 14.7 Å². The molecule has 0 aromatic carbocycles. The van der Waals surface area contributed by atoms with Crippen LogP contribution in [0, 0.1) is 15.5 Å². The number of carbonyl (C=O) groups is 1. The molecule has 18 heavy (non-hydrogen) atoms. The van der Waals surface area contributed by atoms with Crippen molar-refractivity contribution in [3.05, 3.63) is 10.1 Å². The molecule has 1 amide bonds. The number of carbonyl (C=O) groups excluding carboxylic acids is 1. The first-order valence-corrected chi connectivity index (χ1v) is 6.11. The van der Waals surface area contributed by atoms with Gasteiger partial charge in [-0.3, -0.25) is 4.79 Å². The van der Waals surface area contributed by atoms with Crippen LogP contribution in [0.4, 0.5) is 0 Å². The molecule has 106 valence electrons. The van der Waals surface area contributed by atoms with Gasteiger partial charge >= 0.3 is 0 Å². The van der Waals surface area contributed by atoms with Gasteiger partial charge in [0.05, 0.1) is 5.41 Å². The van der Waals surface area contributed by atoms with E-state index in [-0.39, 0.29) is 12.5 Å².